The van der Waals surface area contributed by atoms with Gasteiger partial charge in [-0.25, -0.2) is 0 Å². The minimum atomic E-state index is -4.71. The molecule has 1 aromatic carbocycles. The van der Waals surface area contributed by atoms with E-state index in [2.05, 4.69) is 15.4 Å². The van der Waals surface area contributed by atoms with Crippen LogP contribution in [0.15, 0.2) is 24.3 Å². The molecule has 1 aromatic rings. The summed E-state index contributed by atoms with van der Waals surface area (Å²) in [5, 5.41) is 5.36. The van der Waals surface area contributed by atoms with Gasteiger partial charge >= 0.3 is 6.36 Å². The van der Waals surface area contributed by atoms with Crippen molar-refractivity contribution in [1.29, 1.82) is 0 Å². The zero-order chi connectivity index (χ0) is 13.6. The van der Waals surface area contributed by atoms with E-state index in [9.17, 15) is 18.0 Å². The van der Waals surface area contributed by atoms with Crippen molar-refractivity contribution in [3.05, 3.63) is 24.3 Å². The Bertz CT molecular complexity index is 396. The molecule has 1 amide bonds. The van der Waals surface area contributed by atoms with Crippen LogP contribution in [0.3, 0.4) is 0 Å². The molecule has 0 radical (unpaired) electrons. The third-order valence-electron chi connectivity index (χ3n) is 1.97. The number of anilines is 1. The van der Waals surface area contributed by atoms with E-state index in [1.54, 1.807) is 7.05 Å². The summed E-state index contributed by atoms with van der Waals surface area (Å²) in [6.45, 7) is 0.529. The van der Waals surface area contributed by atoms with Crippen molar-refractivity contribution in [2.75, 3.05) is 18.9 Å². The molecule has 19 heavy (non-hydrogen) atoms. The first kappa shape index (κ1) is 17.5. The number of hydrogen-bond acceptors (Lipinski definition) is 3. The van der Waals surface area contributed by atoms with Crippen LogP contribution in [0.25, 0.3) is 0 Å². The summed E-state index contributed by atoms with van der Waals surface area (Å²) < 4.78 is 39.4. The number of benzene rings is 1. The molecule has 0 saturated carbocycles. The Kier molecular flexibility index (Phi) is 7.25. The lowest BCUT2D eigenvalue weighted by Crippen LogP contribution is -2.19. The number of alkyl halides is 3. The predicted octanol–water partition coefficient (Wildman–Crippen LogP) is 2.56. The third-order valence-corrected chi connectivity index (χ3v) is 1.97. The lowest BCUT2D eigenvalue weighted by Gasteiger charge is -2.09. The van der Waals surface area contributed by atoms with Crippen molar-refractivity contribution in [3.63, 3.8) is 0 Å². The molecule has 0 fully saturated rings. The van der Waals surface area contributed by atoms with Crippen LogP contribution in [0.4, 0.5) is 18.9 Å². The Labute approximate surface area is 114 Å². The number of ether oxygens (including phenoxy) is 1. The first-order chi connectivity index (χ1) is 8.40. The molecular formula is C11H14ClF3N2O2. The van der Waals surface area contributed by atoms with Gasteiger partial charge in [-0.05, 0) is 31.3 Å². The largest absolute Gasteiger partial charge is 0.573 e. The smallest absolute Gasteiger partial charge is 0.406 e. The SMILES string of the molecule is CNCCC(=O)Nc1ccc(OC(F)(F)F)cc1.Cl. The molecule has 1 rings (SSSR count). The minimum absolute atomic E-state index is 0. The molecule has 0 aliphatic carbocycles. The number of rotatable bonds is 5. The van der Waals surface area contributed by atoms with Gasteiger partial charge in [0.15, 0.2) is 0 Å². The van der Waals surface area contributed by atoms with Crippen LogP contribution >= 0.6 is 12.4 Å². The number of nitrogens with one attached hydrogen (secondary N) is 2. The summed E-state index contributed by atoms with van der Waals surface area (Å²) in [5.41, 5.74) is 0.422. The Hall–Kier alpha value is -1.47. The second-order valence-corrected chi connectivity index (χ2v) is 3.47. The number of carbonyl (C=O) groups excluding carboxylic acids is 1. The van der Waals surface area contributed by atoms with Crippen LogP contribution in [-0.2, 0) is 4.79 Å². The highest BCUT2D eigenvalue weighted by molar-refractivity contribution is 5.90. The van der Waals surface area contributed by atoms with Gasteiger partial charge in [-0.15, -0.1) is 25.6 Å². The number of amides is 1. The molecule has 0 aliphatic heterocycles. The highest BCUT2D eigenvalue weighted by atomic mass is 35.5. The Morgan fingerprint density at radius 3 is 2.32 bits per heavy atom. The van der Waals surface area contributed by atoms with Gasteiger partial charge < -0.3 is 15.4 Å². The molecule has 0 saturated heterocycles. The molecular weight excluding hydrogens is 285 g/mol. The molecule has 108 valence electrons. The normalized spacial score (nSPS) is 10.5. The predicted molar refractivity (Wildman–Crippen MR) is 67.5 cm³/mol. The molecule has 0 unspecified atom stereocenters. The number of carbonyl (C=O) groups is 1. The summed E-state index contributed by atoms with van der Waals surface area (Å²) in [6.07, 6.45) is -4.42. The van der Waals surface area contributed by atoms with Crippen LogP contribution in [0.1, 0.15) is 6.42 Å². The average molecular weight is 299 g/mol. The van der Waals surface area contributed by atoms with E-state index in [4.69, 9.17) is 0 Å². The molecule has 0 aromatic heterocycles. The van der Waals surface area contributed by atoms with Crippen LogP contribution in [0.5, 0.6) is 5.75 Å². The van der Waals surface area contributed by atoms with E-state index in [1.807, 2.05) is 0 Å². The fourth-order valence-electron chi connectivity index (χ4n) is 1.20. The third kappa shape index (κ3) is 7.53. The number of halogens is 4. The fourth-order valence-corrected chi connectivity index (χ4v) is 1.20. The zero-order valence-corrected chi connectivity index (χ0v) is 10.9. The second kappa shape index (κ2) is 7.85. The summed E-state index contributed by atoms with van der Waals surface area (Å²) in [5.74, 6) is -0.537. The van der Waals surface area contributed by atoms with Crippen molar-refractivity contribution in [3.8, 4) is 5.75 Å². The summed E-state index contributed by atoms with van der Waals surface area (Å²) in [4.78, 5) is 11.3. The van der Waals surface area contributed by atoms with E-state index in [0.717, 1.165) is 12.1 Å². The van der Waals surface area contributed by atoms with Gasteiger partial charge in [0, 0.05) is 18.7 Å². The Morgan fingerprint density at radius 2 is 1.84 bits per heavy atom. The first-order valence-corrected chi connectivity index (χ1v) is 5.21. The average Bonchev–Trinajstić information content (AvgIpc) is 2.27. The van der Waals surface area contributed by atoms with Crippen LogP contribution in [0.2, 0.25) is 0 Å². The molecule has 0 aliphatic rings. The van der Waals surface area contributed by atoms with E-state index in [1.165, 1.54) is 12.1 Å². The van der Waals surface area contributed by atoms with Crippen molar-refractivity contribution in [2.45, 2.75) is 12.8 Å². The molecule has 0 heterocycles. The highest BCUT2D eigenvalue weighted by Crippen LogP contribution is 2.23. The standard InChI is InChI=1S/C11H13F3N2O2.ClH/c1-15-7-6-10(17)16-8-2-4-9(5-3-8)18-11(12,13)14;/h2-5,15H,6-7H2,1H3,(H,16,17);1H. The highest BCUT2D eigenvalue weighted by Gasteiger charge is 2.30. The van der Waals surface area contributed by atoms with Crippen molar-refractivity contribution in [2.24, 2.45) is 0 Å². The molecule has 4 nitrogen and oxygen atoms in total. The van der Waals surface area contributed by atoms with Gasteiger partial charge in [0.25, 0.3) is 0 Å². The lowest BCUT2D eigenvalue weighted by molar-refractivity contribution is -0.274. The van der Waals surface area contributed by atoms with Crippen molar-refractivity contribution < 1.29 is 22.7 Å². The molecule has 2 N–H and O–H groups in total. The zero-order valence-electron chi connectivity index (χ0n) is 10.1. The fraction of sp³-hybridized carbons (Fsp3) is 0.364. The summed E-state index contributed by atoms with van der Waals surface area (Å²) >= 11 is 0. The van der Waals surface area contributed by atoms with E-state index in [-0.39, 0.29) is 30.5 Å². The quantitative estimate of drug-likeness (QED) is 0.878. The molecule has 8 heteroatoms. The van der Waals surface area contributed by atoms with Crippen molar-refractivity contribution >= 4 is 24.0 Å². The van der Waals surface area contributed by atoms with E-state index in [0.29, 0.717) is 12.2 Å². The van der Waals surface area contributed by atoms with Gasteiger partial charge in [-0.2, -0.15) is 0 Å². The van der Waals surface area contributed by atoms with E-state index < -0.39 is 6.36 Å². The number of hydrogen-bond donors (Lipinski definition) is 2. The monoisotopic (exact) mass is 298 g/mol. The lowest BCUT2D eigenvalue weighted by atomic mass is 10.3. The minimum Gasteiger partial charge on any atom is -0.406 e. The topological polar surface area (TPSA) is 50.4 Å². The van der Waals surface area contributed by atoms with Crippen LogP contribution in [0, 0.1) is 0 Å². The van der Waals surface area contributed by atoms with Gasteiger partial charge in [0.1, 0.15) is 5.75 Å². The molecule has 0 spiro atoms. The van der Waals surface area contributed by atoms with Gasteiger partial charge in [-0.3, -0.25) is 4.79 Å². The first-order valence-electron chi connectivity index (χ1n) is 5.21. The van der Waals surface area contributed by atoms with Crippen molar-refractivity contribution in [1.82, 2.24) is 5.32 Å². The van der Waals surface area contributed by atoms with Gasteiger partial charge in [0.05, 0.1) is 0 Å². The maximum atomic E-state index is 11.9. The maximum absolute atomic E-state index is 11.9. The van der Waals surface area contributed by atoms with E-state index >= 15 is 0 Å². The molecule has 0 bridgehead atoms. The second-order valence-electron chi connectivity index (χ2n) is 3.47. The Morgan fingerprint density at radius 1 is 1.26 bits per heavy atom. The Balaban J connectivity index is 0.00000324. The maximum Gasteiger partial charge on any atom is 0.573 e. The summed E-state index contributed by atoms with van der Waals surface area (Å²) in [7, 11) is 1.72. The van der Waals surface area contributed by atoms with Crippen LogP contribution < -0.4 is 15.4 Å². The van der Waals surface area contributed by atoms with Crippen LogP contribution in [-0.4, -0.2) is 25.9 Å². The molecule has 0 atom stereocenters. The van der Waals surface area contributed by atoms with Gasteiger partial charge in [-0.1, -0.05) is 0 Å². The van der Waals surface area contributed by atoms with Gasteiger partial charge in [0.2, 0.25) is 5.91 Å². The summed E-state index contributed by atoms with van der Waals surface area (Å²) in [6, 6.07) is 4.97.